The predicted octanol–water partition coefficient (Wildman–Crippen LogP) is 20.1. The predicted molar refractivity (Wildman–Crippen MR) is 372 cm³/mol. The Kier molecular flexibility index (Phi) is 63.6. The molecule has 5 unspecified atom stereocenters. The zero-order chi connectivity index (χ0) is 67.5. The van der Waals surface area contributed by atoms with Crippen molar-refractivity contribution in [3.05, 3.63) is 72.9 Å². The Morgan fingerprint density at radius 3 is 0.935 bits per heavy atom. The van der Waals surface area contributed by atoms with Crippen molar-refractivity contribution in [2.24, 2.45) is 0 Å². The zero-order valence-corrected chi connectivity index (χ0v) is 59.8. The van der Waals surface area contributed by atoms with Gasteiger partial charge in [0.15, 0.2) is 12.2 Å². The highest BCUT2D eigenvalue weighted by atomic mass is 31.2. The number of hydrogen-bond donors (Lipinski definition) is 3. The lowest BCUT2D eigenvalue weighted by Gasteiger charge is -2.21. The van der Waals surface area contributed by atoms with Crippen molar-refractivity contribution in [2.75, 3.05) is 39.6 Å². The van der Waals surface area contributed by atoms with Crippen LogP contribution in [0, 0.1) is 0 Å². The van der Waals surface area contributed by atoms with Crippen LogP contribution in [-0.4, -0.2) is 96.7 Å². The molecule has 0 amide bonds. The van der Waals surface area contributed by atoms with Crippen molar-refractivity contribution in [1.82, 2.24) is 0 Å². The molecule has 0 aromatic rings. The number of ether oxygens (including phenoxy) is 4. The Morgan fingerprint density at radius 2 is 0.576 bits per heavy atom. The molecule has 5 atom stereocenters. The molecule has 17 nitrogen and oxygen atoms in total. The molecule has 0 aromatic heterocycles. The average Bonchev–Trinajstić information content (AvgIpc) is 2.89. The number of unbranched alkanes of at least 4 members (excludes halogenated alkanes) is 30. The SMILES string of the molecule is CC/C=C\C/C=C\C/C=C\C/C=C\C/C=C\CCCC(=O)OCC(COP(=O)(O)OCC(O)COP(=O)(O)OCC(COC(=O)CCCCCCCCCCCCC)OC(=O)CCCCCCCCCCCCC)OC(=O)CCCCCCC/C=C\CCCCCC. The monoisotopic (exact) mass is 1340 g/mol. The van der Waals surface area contributed by atoms with Crippen LogP contribution in [-0.2, 0) is 65.4 Å². The quantitative estimate of drug-likeness (QED) is 0.0169. The molecule has 0 saturated carbocycles. The van der Waals surface area contributed by atoms with Crippen LogP contribution < -0.4 is 0 Å². The second-order valence-corrected chi connectivity index (χ2v) is 27.1. The van der Waals surface area contributed by atoms with Crippen LogP contribution in [0.5, 0.6) is 0 Å². The molecule has 3 N–H and O–H groups in total. The molecule has 0 aliphatic carbocycles. The summed E-state index contributed by atoms with van der Waals surface area (Å²) in [7, 11) is -9.94. The molecule has 0 rings (SSSR count). The Morgan fingerprint density at radius 1 is 0.315 bits per heavy atom. The van der Waals surface area contributed by atoms with E-state index in [0.717, 1.165) is 116 Å². The highest BCUT2D eigenvalue weighted by molar-refractivity contribution is 7.47. The molecule has 0 aliphatic heterocycles. The number of phosphoric ester groups is 2. The van der Waals surface area contributed by atoms with Gasteiger partial charge in [0.05, 0.1) is 26.4 Å². The minimum Gasteiger partial charge on any atom is -0.462 e. The van der Waals surface area contributed by atoms with E-state index in [0.29, 0.717) is 32.1 Å². The number of rotatable bonds is 68. The molecule has 19 heteroatoms. The summed E-state index contributed by atoms with van der Waals surface area (Å²) in [5, 5.41) is 10.6. The summed E-state index contributed by atoms with van der Waals surface area (Å²) in [6.45, 7) is 4.67. The van der Waals surface area contributed by atoms with Gasteiger partial charge in [0.2, 0.25) is 0 Å². The van der Waals surface area contributed by atoms with Crippen molar-refractivity contribution in [1.29, 1.82) is 0 Å². The fourth-order valence-electron chi connectivity index (χ4n) is 9.66. The van der Waals surface area contributed by atoms with Gasteiger partial charge < -0.3 is 33.8 Å². The standard InChI is InChI=1S/C73H130O17P2/c1-5-9-13-17-21-25-29-31-32-33-34-36-39-42-46-50-54-58-71(76)84-64-69(90-73(78)60-56-52-48-44-40-35-30-26-22-18-14-10-6-2)66-88-92(81,82)86-62-67(74)61-85-91(79,80)87-65-68(89-72(77)59-55-51-47-43-38-28-24-20-16-12-8-4)63-83-70(75)57-53-49-45-41-37-27-23-19-15-11-7-3/h9,13,21,25-26,30-32,34,36,42,46,67-69,74H,5-8,10-12,14-20,22-24,27-29,33,35,37-41,43-45,47-66H2,1-4H3,(H,79,80)(H,81,82)/b13-9-,25-21-,30-26-,32-31-,36-34-,46-42-. The lowest BCUT2D eigenvalue weighted by Crippen LogP contribution is -2.30. The summed E-state index contributed by atoms with van der Waals surface area (Å²) in [6.07, 6.45) is 63.5. The van der Waals surface area contributed by atoms with Crippen molar-refractivity contribution < 1.29 is 80.2 Å². The molecule has 0 bridgehead atoms. The van der Waals surface area contributed by atoms with Gasteiger partial charge in [-0.3, -0.25) is 37.3 Å². The fraction of sp³-hybridized carbons (Fsp3) is 0.781. The normalized spacial score (nSPS) is 14.5. The van der Waals surface area contributed by atoms with Crippen LogP contribution in [0.15, 0.2) is 72.9 Å². The van der Waals surface area contributed by atoms with E-state index >= 15 is 0 Å². The Bertz CT molecular complexity index is 2040. The smallest absolute Gasteiger partial charge is 0.462 e. The maximum Gasteiger partial charge on any atom is 0.472 e. The van der Waals surface area contributed by atoms with Crippen molar-refractivity contribution >= 4 is 39.5 Å². The number of phosphoric acid groups is 2. The Hall–Kier alpha value is -3.50. The fourth-order valence-corrected chi connectivity index (χ4v) is 11.2. The molecule has 0 saturated heterocycles. The van der Waals surface area contributed by atoms with E-state index in [1.807, 2.05) is 12.2 Å². The molecule has 0 aliphatic rings. The van der Waals surface area contributed by atoms with Gasteiger partial charge in [-0.15, -0.1) is 0 Å². The van der Waals surface area contributed by atoms with Gasteiger partial charge in [0, 0.05) is 25.7 Å². The van der Waals surface area contributed by atoms with Crippen LogP contribution in [0.1, 0.15) is 310 Å². The second-order valence-electron chi connectivity index (χ2n) is 24.2. The first-order chi connectivity index (χ1) is 44.7. The van der Waals surface area contributed by atoms with E-state index in [4.69, 9.17) is 37.0 Å². The van der Waals surface area contributed by atoms with Gasteiger partial charge in [0.25, 0.3) is 0 Å². The van der Waals surface area contributed by atoms with Crippen LogP contribution in [0.4, 0.5) is 0 Å². The highest BCUT2D eigenvalue weighted by Gasteiger charge is 2.30. The van der Waals surface area contributed by atoms with Crippen LogP contribution >= 0.6 is 15.6 Å². The number of carbonyl (C=O) groups is 4. The van der Waals surface area contributed by atoms with E-state index in [1.165, 1.54) is 109 Å². The van der Waals surface area contributed by atoms with Crippen molar-refractivity contribution in [2.45, 2.75) is 329 Å². The van der Waals surface area contributed by atoms with E-state index in [-0.39, 0.29) is 25.7 Å². The van der Waals surface area contributed by atoms with Crippen LogP contribution in [0.2, 0.25) is 0 Å². The molecule has 0 heterocycles. The number of aliphatic hydroxyl groups is 1. The third-order valence-corrected chi connectivity index (χ3v) is 17.1. The number of esters is 4. The average molecular weight is 1340 g/mol. The minimum atomic E-state index is -4.98. The maximum atomic E-state index is 13.0. The summed E-state index contributed by atoms with van der Waals surface area (Å²) >= 11 is 0. The van der Waals surface area contributed by atoms with E-state index in [2.05, 4.69) is 88.5 Å². The van der Waals surface area contributed by atoms with Gasteiger partial charge in [-0.25, -0.2) is 9.13 Å². The third-order valence-electron chi connectivity index (χ3n) is 15.2. The molecule has 0 aromatic carbocycles. The summed E-state index contributed by atoms with van der Waals surface area (Å²) in [6, 6.07) is 0. The summed E-state index contributed by atoms with van der Waals surface area (Å²) in [5.74, 6) is -2.23. The van der Waals surface area contributed by atoms with E-state index in [9.17, 15) is 43.2 Å². The first kappa shape index (κ1) is 88.5. The topological polar surface area (TPSA) is 237 Å². The van der Waals surface area contributed by atoms with Gasteiger partial charge >= 0.3 is 39.5 Å². The van der Waals surface area contributed by atoms with E-state index in [1.54, 1.807) is 0 Å². The molecule has 534 valence electrons. The Labute approximate surface area is 558 Å². The molecular formula is C73H130O17P2. The molecule has 0 radical (unpaired) electrons. The first-order valence-electron chi connectivity index (χ1n) is 36.2. The lowest BCUT2D eigenvalue weighted by molar-refractivity contribution is -0.161. The molecule has 92 heavy (non-hydrogen) atoms. The molecule has 0 fully saturated rings. The van der Waals surface area contributed by atoms with Crippen LogP contribution in [0.25, 0.3) is 0 Å². The van der Waals surface area contributed by atoms with Gasteiger partial charge in [-0.1, -0.05) is 268 Å². The Balaban J connectivity index is 5.34. The zero-order valence-electron chi connectivity index (χ0n) is 58.0. The number of aliphatic hydroxyl groups excluding tert-OH is 1. The second kappa shape index (κ2) is 66.1. The van der Waals surface area contributed by atoms with Gasteiger partial charge in [-0.2, -0.15) is 0 Å². The number of hydrogen-bond acceptors (Lipinski definition) is 15. The van der Waals surface area contributed by atoms with Gasteiger partial charge in [0.1, 0.15) is 19.3 Å². The first-order valence-corrected chi connectivity index (χ1v) is 39.2. The number of allylic oxidation sites excluding steroid dienone is 12. The third kappa shape index (κ3) is 65.2. The van der Waals surface area contributed by atoms with Crippen molar-refractivity contribution in [3.63, 3.8) is 0 Å². The largest absolute Gasteiger partial charge is 0.472 e. The summed E-state index contributed by atoms with van der Waals surface area (Å²) in [5.41, 5.74) is 0. The van der Waals surface area contributed by atoms with Gasteiger partial charge in [-0.05, 0) is 89.9 Å². The lowest BCUT2D eigenvalue weighted by atomic mass is 10.1. The minimum absolute atomic E-state index is 0.0749. The maximum absolute atomic E-state index is 13.0. The summed E-state index contributed by atoms with van der Waals surface area (Å²) < 4.78 is 68.2. The van der Waals surface area contributed by atoms with E-state index < -0.39 is 97.5 Å². The molecule has 0 spiro atoms. The number of carbonyl (C=O) groups excluding carboxylic acids is 4. The summed E-state index contributed by atoms with van der Waals surface area (Å²) in [4.78, 5) is 72.5. The highest BCUT2D eigenvalue weighted by Crippen LogP contribution is 2.45. The molecular weight excluding hydrogens is 1210 g/mol. The van der Waals surface area contributed by atoms with Crippen LogP contribution in [0.3, 0.4) is 0 Å². The van der Waals surface area contributed by atoms with Crippen molar-refractivity contribution in [3.8, 4) is 0 Å².